The lowest BCUT2D eigenvalue weighted by molar-refractivity contribution is 0.0947. The van der Waals surface area contributed by atoms with Crippen molar-refractivity contribution < 1.29 is 4.79 Å². The van der Waals surface area contributed by atoms with Crippen LogP contribution in [-0.4, -0.2) is 42.0 Å². The molecule has 2 rings (SSSR count). The Bertz CT molecular complexity index is 448. The van der Waals surface area contributed by atoms with E-state index in [0.29, 0.717) is 5.56 Å². The summed E-state index contributed by atoms with van der Waals surface area (Å²) in [6, 6.07) is 3.69. The average Bonchev–Trinajstić information content (AvgIpc) is 2.43. The maximum atomic E-state index is 11.9. The average molecular weight is 289 g/mol. The fourth-order valence-electron chi connectivity index (χ4n) is 3.18. The summed E-state index contributed by atoms with van der Waals surface area (Å²) in [4.78, 5) is 18.6. The molecule has 1 aliphatic rings. The first-order valence-corrected chi connectivity index (χ1v) is 7.98. The Kier molecular flexibility index (Phi) is 5.74. The zero-order valence-corrected chi connectivity index (χ0v) is 13.4. The van der Waals surface area contributed by atoms with Gasteiger partial charge in [0.1, 0.15) is 0 Å². The fraction of sp³-hybridized carbons (Fsp3) is 0.647. The number of hydrogen-bond acceptors (Lipinski definition) is 3. The topological polar surface area (TPSA) is 45.2 Å². The van der Waals surface area contributed by atoms with Gasteiger partial charge in [0.2, 0.25) is 0 Å². The number of carbonyl (C=O) groups is 1. The van der Waals surface area contributed by atoms with Crippen molar-refractivity contribution in [3.63, 3.8) is 0 Å². The van der Waals surface area contributed by atoms with Gasteiger partial charge in [-0.15, -0.1) is 0 Å². The largest absolute Gasteiger partial charge is 0.352 e. The van der Waals surface area contributed by atoms with E-state index in [1.807, 2.05) is 19.1 Å². The molecule has 0 radical (unpaired) electrons. The fourth-order valence-corrected chi connectivity index (χ4v) is 3.18. The van der Waals surface area contributed by atoms with Crippen LogP contribution >= 0.6 is 0 Å². The molecule has 1 amide bonds. The highest BCUT2D eigenvalue weighted by Gasteiger charge is 2.21. The summed E-state index contributed by atoms with van der Waals surface area (Å²) in [5.41, 5.74) is 1.57. The Balaban J connectivity index is 1.67. The molecule has 0 aromatic carbocycles. The molecule has 1 aliphatic heterocycles. The molecule has 4 nitrogen and oxygen atoms in total. The van der Waals surface area contributed by atoms with Gasteiger partial charge in [0.25, 0.3) is 5.91 Å². The number of carbonyl (C=O) groups excluding carboxylic acids is 1. The Morgan fingerprint density at radius 1 is 1.33 bits per heavy atom. The lowest BCUT2D eigenvalue weighted by atomic mass is 9.92. The number of amides is 1. The molecule has 0 bridgehead atoms. The van der Waals surface area contributed by atoms with Gasteiger partial charge in [-0.2, -0.15) is 0 Å². The standard InChI is InChI=1S/C17H27N3O/c1-13-9-14(2)12-20(11-13)8-4-7-18-17(21)16-6-5-15(3)19-10-16/h5-6,10,13-14H,4,7-9,11-12H2,1-3H3,(H,18,21)/t13-,14-/m1/s1. The van der Waals surface area contributed by atoms with Crippen LogP contribution in [0.25, 0.3) is 0 Å². The van der Waals surface area contributed by atoms with Crippen molar-refractivity contribution in [3.05, 3.63) is 29.6 Å². The third kappa shape index (κ3) is 5.12. The number of pyridine rings is 1. The van der Waals surface area contributed by atoms with Crippen molar-refractivity contribution in [1.82, 2.24) is 15.2 Å². The van der Waals surface area contributed by atoms with Gasteiger partial charge in [0.15, 0.2) is 0 Å². The Morgan fingerprint density at radius 3 is 2.67 bits per heavy atom. The maximum absolute atomic E-state index is 11.9. The second-order valence-electron chi connectivity index (χ2n) is 6.50. The molecule has 1 N–H and O–H groups in total. The summed E-state index contributed by atoms with van der Waals surface area (Å²) in [6.07, 6.45) is 3.98. The number of aromatic nitrogens is 1. The van der Waals surface area contributed by atoms with Crippen LogP contribution < -0.4 is 5.32 Å². The SMILES string of the molecule is Cc1ccc(C(=O)NCCCN2C[C@H](C)C[C@@H](C)C2)cn1. The predicted molar refractivity (Wildman–Crippen MR) is 85.3 cm³/mol. The summed E-state index contributed by atoms with van der Waals surface area (Å²) in [5, 5.41) is 2.97. The van der Waals surface area contributed by atoms with Crippen LogP contribution in [0.4, 0.5) is 0 Å². The number of nitrogens with one attached hydrogen (secondary N) is 1. The van der Waals surface area contributed by atoms with E-state index >= 15 is 0 Å². The van der Waals surface area contributed by atoms with Crippen molar-refractivity contribution >= 4 is 5.91 Å². The van der Waals surface area contributed by atoms with Crippen molar-refractivity contribution in [3.8, 4) is 0 Å². The Labute approximate surface area is 127 Å². The van der Waals surface area contributed by atoms with Crippen LogP contribution in [0.15, 0.2) is 18.3 Å². The van der Waals surface area contributed by atoms with E-state index in [4.69, 9.17) is 0 Å². The molecule has 2 heterocycles. The van der Waals surface area contributed by atoms with E-state index in [9.17, 15) is 4.79 Å². The normalized spacial score (nSPS) is 23.0. The Morgan fingerprint density at radius 2 is 2.05 bits per heavy atom. The molecule has 1 aromatic heterocycles. The minimum Gasteiger partial charge on any atom is -0.352 e. The maximum Gasteiger partial charge on any atom is 0.252 e. The lowest BCUT2D eigenvalue weighted by Crippen LogP contribution is -2.40. The summed E-state index contributed by atoms with van der Waals surface area (Å²) >= 11 is 0. The van der Waals surface area contributed by atoms with Gasteiger partial charge in [-0.25, -0.2) is 0 Å². The first-order chi connectivity index (χ1) is 10.0. The van der Waals surface area contributed by atoms with E-state index in [-0.39, 0.29) is 5.91 Å². The molecule has 116 valence electrons. The Hall–Kier alpha value is -1.42. The smallest absolute Gasteiger partial charge is 0.252 e. The van der Waals surface area contributed by atoms with Gasteiger partial charge < -0.3 is 10.2 Å². The third-order valence-corrected chi connectivity index (χ3v) is 4.05. The molecule has 2 atom stereocenters. The van der Waals surface area contributed by atoms with Gasteiger partial charge in [0, 0.05) is 31.5 Å². The number of nitrogens with zero attached hydrogens (tertiary/aromatic N) is 2. The van der Waals surface area contributed by atoms with E-state index < -0.39 is 0 Å². The molecule has 0 aliphatic carbocycles. The van der Waals surface area contributed by atoms with Crippen LogP contribution in [0, 0.1) is 18.8 Å². The number of aryl methyl sites for hydroxylation is 1. The molecule has 1 fully saturated rings. The van der Waals surface area contributed by atoms with Crippen molar-refractivity contribution in [2.75, 3.05) is 26.2 Å². The predicted octanol–water partition coefficient (Wildman–Crippen LogP) is 2.49. The number of hydrogen-bond donors (Lipinski definition) is 1. The molecule has 0 spiro atoms. The lowest BCUT2D eigenvalue weighted by Gasteiger charge is -2.34. The van der Waals surface area contributed by atoms with E-state index in [1.54, 1.807) is 6.20 Å². The van der Waals surface area contributed by atoms with Gasteiger partial charge in [-0.1, -0.05) is 13.8 Å². The number of rotatable bonds is 5. The quantitative estimate of drug-likeness (QED) is 0.847. The van der Waals surface area contributed by atoms with Crippen LogP contribution in [-0.2, 0) is 0 Å². The monoisotopic (exact) mass is 289 g/mol. The van der Waals surface area contributed by atoms with Crippen LogP contribution in [0.2, 0.25) is 0 Å². The molecule has 1 aromatic rings. The minimum atomic E-state index is -0.0251. The zero-order valence-electron chi connectivity index (χ0n) is 13.4. The van der Waals surface area contributed by atoms with Crippen molar-refractivity contribution in [2.24, 2.45) is 11.8 Å². The minimum absolute atomic E-state index is 0.0251. The first-order valence-electron chi connectivity index (χ1n) is 7.98. The zero-order chi connectivity index (χ0) is 15.2. The van der Waals surface area contributed by atoms with Gasteiger partial charge in [-0.05, 0) is 50.3 Å². The van der Waals surface area contributed by atoms with Gasteiger partial charge in [-0.3, -0.25) is 9.78 Å². The molecule has 4 heteroatoms. The second kappa shape index (κ2) is 7.55. The molecular formula is C17H27N3O. The van der Waals surface area contributed by atoms with Crippen molar-refractivity contribution in [2.45, 2.75) is 33.6 Å². The highest BCUT2D eigenvalue weighted by molar-refractivity contribution is 5.93. The van der Waals surface area contributed by atoms with E-state index in [1.165, 1.54) is 19.5 Å². The number of likely N-dealkylation sites (tertiary alicyclic amines) is 1. The van der Waals surface area contributed by atoms with Crippen molar-refractivity contribution in [1.29, 1.82) is 0 Å². The van der Waals surface area contributed by atoms with Crippen LogP contribution in [0.1, 0.15) is 42.7 Å². The molecule has 1 saturated heterocycles. The van der Waals surface area contributed by atoms with E-state index in [2.05, 4.69) is 29.0 Å². The molecule has 0 unspecified atom stereocenters. The number of piperidine rings is 1. The highest BCUT2D eigenvalue weighted by Crippen LogP contribution is 2.20. The van der Waals surface area contributed by atoms with Gasteiger partial charge in [0.05, 0.1) is 5.56 Å². The summed E-state index contributed by atoms with van der Waals surface area (Å²) in [7, 11) is 0. The van der Waals surface area contributed by atoms with E-state index in [0.717, 1.165) is 37.0 Å². The summed E-state index contributed by atoms with van der Waals surface area (Å²) in [5.74, 6) is 1.56. The molecule has 0 saturated carbocycles. The van der Waals surface area contributed by atoms with Crippen LogP contribution in [0.3, 0.4) is 0 Å². The second-order valence-corrected chi connectivity index (χ2v) is 6.50. The van der Waals surface area contributed by atoms with Gasteiger partial charge >= 0.3 is 0 Å². The molecular weight excluding hydrogens is 262 g/mol. The third-order valence-electron chi connectivity index (χ3n) is 4.05. The summed E-state index contributed by atoms with van der Waals surface area (Å²) < 4.78 is 0. The first kappa shape index (κ1) is 16.0. The molecule has 21 heavy (non-hydrogen) atoms. The highest BCUT2D eigenvalue weighted by atomic mass is 16.1. The van der Waals surface area contributed by atoms with Crippen LogP contribution in [0.5, 0.6) is 0 Å². The summed E-state index contributed by atoms with van der Waals surface area (Å²) in [6.45, 7) is 10.8.